The number of allylic oxidation sites excluding steroid dienone is 4. The minimum Gasteiger partial charge on any atom is -0.290 e. The predicted molar refractivity (Wildman–Crippen MR) is 42.8 cm³/mol. The Balaban J connectivity index is 0. The lowest BCUT2D eigenvalue weighted by Crippen LogP contribution is -1.97. The summed E-state index contributed by atoms with van der Waals surface area (Å²) in [6, 6.07) is 0. The van der Waals surface area contributed by atoms with Gasteiger partial charge in [0.2, 0.25) is 0 Å². The molecule has 1 aliphatic carbocycles. The van der Waals surface area contributed by atoms with E-state index in [9.17, 15) is 9.59 Å². The lowest BCUT2D eigenvalue weighted by atomic mass is 10.2. The highest BCUT2D eigenvalue weighted by Crippen LogP contribution is 1.90. The summed E-state index contributed by atoms with van der Waals surface area (Å²) >= 11 is 0. The van der Waals surface area contributed by atoms with E-state index in [1.807, 2.05) is 0 Å². The van der Waals surface area contributed by atoms with Gasteiger partial charge in [-0.2, -0.15) is 0 Å². The van der Waals surface area contributed by atoms with Crippen molar-refractivity contribution in [3.63, 3.8) is 0 Å². The zero-order valence-electron chi connectivity index (χ0n) is 4.94. The van der Waals surface area contributed by atoms with Crippen LogP contribution in [0.4, 0.5) is 0 Å². The molecule has 0 saturated heterocycles. The smallest absolute Gasteiger partial charge is 0.178 e. The summed E-state index contributed by atoms with van der Waals surface area (Å²) in [6.07, 6.45) is 5.01. The second-order valence-electron chi connectivity index (χ2n) is 1.47. The average molecular weight is 181 g/mol. The van der Waals surface area contributed by atoms with E-state index in [-0.39, 0.29) is 36.4 Å². The van der Waals surface area contributed by atoms with E-state index in [1.165, 1.54) is 24.3 Å². The third-order valence-corrected chi connectivity index (χ3v) is 0.824. The molecule has 0 radical (unpaired) electrons. The number of halogens is 2. The molecule has 0 atom stereocenters. The Morgan fingerprint density at radius 3 is 1.10 bits per heavy atom. The van der Waals surface area contributed by atoms with E-state index in [0.717, 1.165) is 0 Å². The molecule has 0 spiro atoms. The van der Waals surface area contributed by atoms with Crippen LogP contribution in [0.15, 0.2) is 24.3 Å². The maximum atomic E-state index is 10.3. The number of carbonyl (C=O) groups excluding carboxylic acids is 2. The minimum atomic E-state index is -0.121. The lowest BCUT2D eigenvalue weighted by molar-refractivity contribution is -0.113. The Kier molecular flexibility index (Phi) is 6.31. The summed E-state index contributed by atoms with van der Waals surface area (Å²) in [5, 5.41) is 0. The van der Waals surface area contributed by atoms with Gasteiger partial charge in [0.15, 0.2) is 11.6 Å². The van der Waals surface area contributed by atoms with Crippen LogP contribution in [0.5, 0.6) is 0 Å². The molecule has 0 fully saturated rings. The quantitative estimate of drug-likeness (QED) is 0.524. The molecule has 0 bridgehead atoms. The molecule has 2 nitrogen and oxygen atoms in total. The van der Waals surface area contributed by atoms with Gasteiger partial charge in [-0.05, 0) is 24.3 Å². The molecular weight excluding hydrogens is 175 g/mol. The Bertz CT molecular complexity index is 156. The van der Waals surface area contributed by atoms with Gasteiger partial charge in [-0.3, -0.25) is 9.59 Å². The molecule has 4 heteroatoms. The van der Waals surface area contributed by atoms with E-state index in [0.29, 0.717) is 0 Å². The van der Waals surface area contributed by atoms with Crippen LogP contribution in [0.3, 0.4) is 0 Å². The Hall–Kier alpha value is -0.600. The van der Waals surface area contributed by atoms with Crippen molar-refractivity contribution in [3.8, 4) is 0 Å². The largest absolute Gasteiger partial charge is 0.290 e. The molecular formula is C6H6Cl2O2. The Morgan fingerprint density at radius 1 is 0.700 bits per heavy atom. The van der Waals surface area contributed by atoms with Crippen LogP contribution in [0, 0.1) is 0 Å². The van der Waals surface area contributed by atoms with Crippen LogP contribution in [-0.4, -0.2) is 11.6 Å². The topological polar surface area (TPSA) is 34.1 Å². The molecule has 56 valence electrons. The number of rotatable bonds is 0. The summed E-state index contributed by atoms with van der Waals surface area (Å²) in [7, 11) is 0. The standard InChI is InChI=1S/C6H4O2.2ClH/c7-5-1-2-6(8)4-3-5;;/h1-4H;2*1H. The first-order valence-electron chi connectivity index (χ1n) is 2.23. The molecule has 0 aromatic rings. The fourth-order valence-corrected chi connectivity index (χ4v) is 0.440. The van der Waals surface area contributed by atoms with Crippen molar-refractivity contribution in [1.29, 1.82) is 0 Å². The van der Waals surface area contributed by atoms with Gasteiger partial charge in [0.05, 0.1) is 0 Å². The van der Waals surface area contributed by atoms with Crippen LogP contribution in [0.2, 0.25) is 0 Å². The van der Waals surface area contributed by atoms with Gasteiger partial charge in [-0.1, -0.05) is 0 Å². The summed E-state index contributed by atoms with van der Waals surface area (Å²) in [5.41, 5.74) is 0. The van der Waals surface area contributed by atoms with Gasteiger partial charge in [0.1, 0.15) is 0 Å². The molecule has 0 heterocycles. The van der Waals surface area contributed by atoms with Crippen molar-refractivity contribution < 1.29 is 9.59 Å². The summed E-state index contributed by atoms with van der Waals surface area (Å²) in [5.74, 6) is -0.241. The second kappa shape index (κ2) is 5.21. The van der Waals surface area contributed by atoms with Crippen LogP contribution < -0.4 is 0 Å². The molecule has 0 N–H and O–H groups in total. The van der Waals surface area contributed by atoms with Crippen molar-refractivity contribution in [1.82, 2.24) is 0 Å². The predicted octanol–water partition coefficient (Wildman–Crippen LogP) is 1.09. The zero-order chi connectivity index (χ0) is 5.98. The third kappa shape index (κ3) is 3.43. The maximum Gasteiger partial charge on any atom is 0.178 e. The van der Waals surface area contributed by atoms with Gasteiger partial charge in [0, 0.05) is 0 Å². The van der Waals surface area contributed by atoms with Crippen LogP contribution in [-0.2, 0) is 9.59 Å². The van der Waals surface area contributed by atoms with E-state index < -0.39 is 0 Å². The van der Waals surface area contributed by atoms with Crippen molar-refractivity contribution in [2.24, 2.45) is 0 Å². The van der Waals surface area contributed by atoms with E-state index in [4.69, 9.17) is 0 Å². The fraction of sp³-hybridized carbons (Fsp3) is 0. The normalized spacial score (nSPS) is 14.0. The molecule has 1 aliphatic rings. The summed E-state index contributed by atoms with van der Waals surface area (Å²) < 4.78 is 0. The highest BCUT2D eigenvalue weighted by molar-refractivity contribution is 6.14. The molecule has 0 aliphatic heterocycles. The van der Waals surface area contributed by atoms with Crippen LogP contribution in [0.1, 0.15) is 0 Å². The zero-order valence-corrected chi connectivity index (χ0v) is 6.58. The molecule has 0 amide bonds. The first-order valence-corrected chi connectivity index (χ1v) is 2.23. The molecule has 10 heavy (non-hydrogen) atoms. The van der Waals surface area contributed by atoms with Gasteiger partial charge in [0.25, 0.3) is 0 Å². The highest BCUT2D eigenvalue weighted by atomic mass is 35.5. The van der Waals surface area contributed by atoms with Crippen LogP contribution in [0.25, 0.3) is 0 Å². The van der Waals surface area contributed by atoms with Crippen molar-refractivity contribution in [2.75, 3.05) is 0 Å². The average Bonchev–Trinajstić information content (AvgIpc) is 1.77. The number of hydrogen-bond acceptors (Lipinski definition) is 2. The molecule has 0 aromatic carbocycles. The molecule has 0 aromatic heterocycles. The van der Waals surface area contributed by atoms with Gasteiger partial charge in [-0.25, -0.2) is 0 Å². The monoisotopic (exact) mass is 180 g/mol. The summed E-state index contributed by atoms with van der Waals surface area (Å²) in [6.45, 7) is 0. The van der Waals surface area contributed by atoms with Crippen molar-refractivity contribution in [2.45, 2.75) is 0 Å². The molecule has 0 saturated carbocycles. The van der Waals surface area contributed by atoms with Crippen LogP contribution >= 0.6 is 24.8 Å². The van der Waals surface area contributed by atoms with E-state index >= 15 is 0 Å². The Morgan fingerprint density at radius 2 is 0.900 bits per heavy atom. The third-order valence-electron chi connectivity index (χ3n) is 0.824. The second-order valence-corrected chi connectivity index (χ2v) is 1.47. The number of ketones is 2. The Labute approximate surface area is 70.8 Å². The highest BCUT2D eigenvalue weighted by Gasteiger charge is 1.97. The number of carbonyl (C=O) groups is 2. The number of hydrogen-bond donors (Lipinski definition) is 0. The van der Waals surface area contributed by atoms with Crippen molar-refractivity contribution >= 4 is 36.4 Å². The van der Waals surface area contributed by atoms with Gasteiger partial charge >= 0.3 is 0 Å². The fourth-order valence-electron chi connectivity index (χ4n) is 0.440. The van der Waals surface area contributed by atoms with Gasteiger partial charge < -0.3 is 0 Å². The summed E-state index contributed by atoms with van der Waals surface area (Å²) in [4.78, 5) is 20.6. The van der Waals surface area contributed by atoms with E-state index in [2.05, 4.69) is 0 Å². The van der Waals surface area contributed by atoms with E-state index in [1.54, 1.807) is 0 Å². The first kappa shape index (κ1) is 12.1. The van der Waals surface area contributed by atoms with Gasteiger partial charge in [-0.15, -0.1) is 24.8 Å². The molecule has 0 unspecified atom stereocenters. The molecule has 1 rings (SSSR count). The maximum absolute atomic E-state index is 10.3. The van der Waals surface area contributed by atoms with Crippen molar-refractivity contribution in [3.05, 3.63) is 24.3 Å². The first-order chi connectivity index (χ1) is 3.79. The lowest BCUT2D eigenvalue weighted by Gasteiger charge is -1.87. The minimum absolute atomic E-state index is 0. The SMILES string of the molecule is Cl.Cl.O=C1C=CC(=O)C=C1.